The molecule has 1 amide bonds. The number of piperazine rings is 1. The fourth-order valence-corrected chi connectivity index (χ4v) is 5.55. The van der Waals surface area contributed by atoms with Gasteiger partial charge in [-0.2, -0.15) is 4.31 Å². The number of hydrogen-bond acceptors (Lipinski definition) is 6. The first-order valence-electron chi connectivity index (χ1n) is 8.87. The molecule has 0 saturated carbocycles. The fourth-order valence-electron chi connectivity index (χ4n) is 3.16. The molecule has 1 aromatic heterocycles. The summed E-state index contributed by atoms with van der Waals surface area (Å²) in [5.74, 6) is 0.245. The molecule has 0 spiro atoms. The summed E-state index contributed by atoms with van der Waals surface area (Å²) in [6, 6.07) is 13.6. The first-order valence-corrected chi connectivity index (χ1v) is 11.1. The molecule has 0 unspecified atom stereocenters. The normalized spacial score (nSPS) is 15.4. The quantitative estimate of drug-likeness (QED) is 0.574. The zero-order chi connectivity index (χ0) is 20.4. The SMILES string of the molecule is O=C(c1ccc(-c2nnco2)cc1)N1CCN(S(=O)(=O)c2ccccc2Br)CC1. The number of aromatic nitrogens is 2. The molecule has 1 fully saturated rings. The predicted octanol–water partition coefficient (Wildman–Crippen LogP) is 2.65. The lowest BCUT2D eigenvalue weighted by Crippen LogP contribution is -2.50. The maximum absolute atomic E-state index is 12.9. The minimum absolute atomic E-state index is 0.139. The number of carbonyl (C=O) groups is 1. The Morgan fingerprint density at radius 1 is 1.00 bits per heavy atom. The van der Waals surface area contributed by atoms with Crippen LogP contribution < -0.4 is 0 Å². The first kappa shape index (κ1) is 19.7. The van der Waals surface area contributed by atoms with E-state index in [1.54, 1.807) is 53.4 Å². The average Bonchev–Trinajstić information content (AvgIpc) is 3.28. The number of halogens is 1. The Morgan fingerprint density at radius 2 is 1.69 bits per heavy atom. The molecular formula is C19H17BrN4O4S. The van der Waals surface area contributed by atoms with Crippen molar-refractivity contribution in [2.24, 2.45) is 0 Å². The highest BCUT2D eigenvalue weighted by Gasteiger charge is 2.31. The van der Waals surface area contributed by atoms with Gasteiger partial charge in [0, 0.05) is 41.8 Å². The summed E-state index contributed by atoms with van der Waals surface area (Å²) in [5.41, 5.74) is 1.25. The maximum Gasteiger partial charge on any atom is 0.253 e. The van der Waals surface area contributed by atoms with Gasteiger partial charge in [-0.05, 0) is 52.3 Å². The van der Waals surface area contributed by atoms with Gasteiger partial charge in [0.15, 0.2) is 0 Å². The van der Waals surface area contributed by atoms with Crippen LogP contribution in [-0.2, 0) is 10.0 Å². The molecule has 1 saturated heterocycles. The van der Waals surface area contributed by atoms with Crippen molar-refractivity contribution in [3.8, 4) is 11.5 Å². The molecule has 2 heterocycles. The van der Waals surface area contributed by atoms with Crippen LogP contribution in [0.2, 0.25) is 0 Å². The summed E-state index contributed by atoms with van der Waals surface area (Å²) in [7, 11) is -3.61. The Labute approximate surface area is 176 Å². The van der Waals surface area contributed by atoms with E-state index in [9.17, 15) is 13.2 Å². The number of carbonyl (C=O) groups excluding carboxylic acids is 1. The van der Waals surface area contributed by atoms with Gasteiger partial charge in [0.1, 0.15) is 0 Å². The number of hydrogen-bond donors (Lipinski definition) is 0. The summed E-state index contributed by atoms with van der Waals surface area (Å²) in [6.07, 6.45) is 1.25. The van der Waals surface area contributed by atoms with E-state index in [4.69, 9.17) is 4.42 Å². The smallest absolute Gasteiger partial charge is 0.253 e. The van der Waals surface area contributed by atoms with E-state index in [1.165, 1.54) is 10.7 Å². The van der Waals surface area contributed by atoms with E-state index in [0.29, 0.717) is 29.0 Å². The molecule has 4 rings (SSSR count). The monoisotopic (exact) mass is 476 g/mol. The number of rotatable bonds is 4. The third-order valence-electron chi connectivity index (χ3n) is 4.72. The summed E-state index contributed by atoms with van der Waals surface area (Å²) in [5, 5.41) is 7.47. The summed E-state index contributed by atoms with van der Waals surface area (Å²) in [4.78, 5) is 14.7. The Bertz CT molecular complexity index is 1110. The third kappa shape index (κ3) is 3.96. The van der Waals surface area contributed by atoms with Gasteiger partial charge in [-0.25, -0.2) is 8.42 Å². The van der Waals surface area contributed by atoms with Gasteiger partial charge in [0.25, 0.3) is 5.91 Å². The lowest BCUT2D eigenvalue weighted by molar-refractivity contribution is 0.0698. The highest BCUT2D eigenvalue weighted by molar-refractivity contribution is 9.10. The number of sulfonamides is 1. The van der Waals surface area contributed by atoms with Crippen molar-refractivity contribution in [1.82, 2.24) is 19.4 Å². The van der Waals surface area contributed by atoms with Gasteiger partial charge in [0.05, 0.1) is 4.90 Å². The number of benzene rings is 2. The van der Waals surface area contributed by atoms with E-state index >= 15 is 0 Å². The lowest BCUT2D eigenvalue weighted by atomic mass is 10.1. The Balaban J connectivity index is 1.43. The van der Waals surface area contributed by atoms with Gasteiger partial charge < -0.3 is 9.32 Å². The molecule has 0 N–H and O–H groups in total. The highest BCUT2D eigenvalue weighted by Crippen LogP contribution is 2.26. The van der Waals surface area contributed by atoms with Gasteiger partial charge in [-0.1, -0.05) is 12.1 Å². The van der Waals surface area contributed by atoms with Gasteiger partial charge >= 0.3 is 0 Å². The maximum atomic E-state index is 12.9. The van der Waals surface area contributed by atoms with Crippen LogP contribution in [0.5, 0.6) is 0 Å². The van der Waals surface area contributed by atoms with Crippen molar-refractivity contribution in [1.29, 1.82) is 0 Å². The van der Waals surface area contributed by atoms with E-state index < -0.39 is 10.0 Å². The fraction of sp³-hybridized carbons (Fsp3) is 0.211. The molecule has 10 heteroatoms. The van der Waals surface area contributed by atoms with Crippen molar-refractivity contribution in [3.63, 3.8) is 0 Å². The molecule has 1 aliphatic rings. The minimum Gasteiger partial charge on any atom is -0.423 e. The first-order chi connectivity index (χ1) is 14.0. The van der Waals surface area contributed by atoms with Crippen LogP contribution in [0.1, 0.15) is 10.4 Å². The van der Waals surface area contributed by atoms with Crippen LogP contribution in [0.25, 0.3) is 11.5 Å². The molecule has 3 aromatic rings. The molecule has 1 aliphatic heterocycles. The second-order valence-electron chi connectivity index (χ2n) is 6.45. The molecule has 2 aromatic carbocycles. The van der Waals surface area contributed by atoms with E-state index in [-0.39, 0.29) is 23.9 Å². The van der Waals surface area contributed by atoms with E-state index in [0.717, 1.165) is 5.56 Å². The van der Waals surface area contributed by atoms with Gasteiger partial charge in [-0.15, -0.1) is 10.2 Å². The second-order valence-corrected chi connectivity index (χ2v) is 9.21. The molecule has 0 radical (unpaired) electrons. The van der Waals surface area contributed by atoms with Crippen LogP contribution in [0.3, 0.4) is 0 Å². The number of amides is 1. The summed E-state index contributed by atoms with van der Waals surface area (Å²) in [6.45, 7) is 1.15. The lowest BCUT2D eigenvalue weighted by Gasteiger charge is -2.34. The van der Waals surface area contributed by atoms with Crippen LogP contribution in [0.15, 0.2) is 68.7 Å². The molecule has 150 valence electrons. The third-order valence-corrected chi connectivity index (χ3v) is 7.63. The molecule has 0 bridgehead atoms. The van der Waals surface area contributed by atoms with E-state index in [1.807, 2.05) is 0 Å². The topological polar surface area (TPSA) is 96.6 Å². The summed E-state index contributed by atoms with van der Waals surface area (Å²) >= 11 is 3.30. The number of nitrogens with zero attached hydrogens (tertiary/aromatic N) is 4. The van der Waals surface area contributed by atoms with Crippen molar-refractivity contribution >= 4 is 31.9 Å². The largest absolute Gasteiger partial charge is 0.423 e. The second kappa shape index (κ2) is 8.05. The van der Waals surface area contributed by atoms with E-state index in [2.05, 4.69) is 26.1 Å². The van der Waals surface area contributed by atoms with Gasteiger partial charge in [0.2, 0.25) is 22.3 Å². The molecule has 8 nitrogen and oxygen atoms in total. The molecule has 29 heavy (non-hydrogen) atoms. The van der Waals surface area contributed by atoms with Crippen LogP contribution in [0, 0.1) is 0 Å². The Kier molecular flexibility index (Phi) is 5.48. The molecule has 0 atom stereocenters. The van der Waals surface area contributed by atoms with Crippen molar-refractivity contribution in [2.75, 3.05) is 26.2 Å². The highest BCUT2D eigenvalue weighted by atomic mass is 79.9. The molecular weight excluding hydrogens is 460 g/mol. The van der Waals surface area contributed by atoms with Gasteiger partial charge in [-0.3, -0.25) is 4.79 Å². The van der Waals surface area contributed by atoms with Crippen LogP contribution >= 0.6 is 15.9 Å². The minimum atomic E-state index is -3.61. The standard InChI is InChI=1S/C19H17BrN4O4S/c20-16-3-1-2-4-17(16)29(26,27)24-11-9-23(10-12-24)19(25)15-7-5-14(6-8-15)18-22-21-13-28-18/h1-8,13H,9-12H2. The van der Waals surface area contributed by atoms with Crippen LogP contribution in [-0.4, -0.2) is 59.9 Å². The zero-order valence-corrected chi connectivity index (χ0v) is 17.6. The van der Waals surface area contributed by atoms with Crippen LogP contribution in [0.4, 0.5) is 0 Å². The Morgan fingerprint density at radius 3 is 2.31 bits per heavy atom. The predicted molar refractivity (Wildman–Crippen MR) is 109 cm³/mol. The Hall–Kier alpha value is -2.56. The average molecular weight is 477 g/mol. The van der Waals surface area contributed by atoms with Crippen molar-refractivity contribution in [2.45, 2.75) is 4.90 Å². The molecule has 0 aliphatic carbocycles. The van der Waals surface area contributed by atoms with Crippen molar-refractivity contribution in [3.05, 3.63) is 65.0 Å². The summed E-state index contributed by atoms with van der Waals surface area (Å²) < 4.78 is 32.8. The van der Waals surface area contributed by atoms with Crippen molar-refractivity contribution < 1.29 is 17.6 Å². The zero-order valence-electron chi connectivity index (χ0n) is 15.2.